The second kappa shape index (κ2) is 13.2. The van der Waals surface area contributed by atoms with E-state index < -0.39 is 6.04 Å². The van der Waals surface area contributed by atoms with Crippen LogP contribution in [0.15, 0.2) is 54.9 Å². The number of benzene rings is 2. The van der Waals surface area contributed by atoms with Crippen LogP contribution in [0.3, 0.4) is 0 Å². The van der Waals surface area contributed by atoms with Crippen LogP contribution in [-0.4, -0.2) is 75.8 Å². The molecule has 3 aromatic rings. The summed E-state index contributed by atoms with van der Waals surface area (Å²) in [5.41, 5.74) is 6.88. The maximum atomic E-state index is 13.1. The zero-order valence-electron chi connectivity index (χ0n) is 28.6. The molecule has 10 nitrogen and oxygen atoms in total. The Morgan fingerprint density at radius 1 is 0.918 bits per heavy atom. The van der Waals surface area contributed by atoms with Gasteiger partial charge in [-0.05, 0) is 96.2 Å². The summed E-state index contributed by atoms with van der Waals surface area (Å²) in [5.74, 6) is 2.37. The van der Waals surface area contributed by atoms with Crippen molar-refractivity contribution in [1.29, 1.82) is 0 Å². The number of hydrogen-bond acceptors (Lipinski definition) is 8. The average molecular weight is 662 g/mol. The Bertz CT molecular complexity index is 1700. The van der Waals surface area contributed by atoms with Crippen molar-refractivity contribution in [2.45, 2.75) is 89.4 Å². The second-order valence-corrected chi connectivity index (χ2v) is 15.3. The molecule has 0 bridgehead atoms. The van der Waals surface area contributed by atoms with Gasteiger partial charge in [-0.2, -0.15) is 0 Å². The molecule has 256 valence electrons. The molecule has 2 unspecified atom stereocenters. The topological polar surface area (TPSA) is 111 Å². The molecule has 8 rings (SSSR count). The highest BCUT2D eigenvalue weighted by atomic mass is 16.2. The van der Waals surface area contributed by atoms with Crippen LogP contribution in [-0.2, 0) is 22.7 Å². The van der Waals surface area contributed by atoms with Gasteiger partial charge in [-0.1, -0.05) is 38.1 Å². The lowest BCUT2D eigenvalue weighted by atomic mass is 9.93. The molecule has 1 aliphatic carbocycles. The number of likely N-dealkylation sites (tertiary alicyclic amines) is 1. The summed E-state index contributed by atoms with van der Waals surface area (Å²) in [5, 5.41) is 5.93. The zero-order chi connectivity index (χ0) is 33.6. The lowest BCUT2D eigenvalue weighted by molar-refractivity contribution is -0.136. The Kier molecular flexibility index (Phi) is 8.60. The highest BCUT2D eigenvalue weighted by Gasteiger charge is 2.43. The van der Waals surface area contributed by atoms with Gasteiger partial charge in [0.15, 0.2) is 0 Å². The van der Waals surface area contributed by atoms with Crippen LogP contribution in [0.1, 0.15) is 96.8 Å². The van der Waals surface area contributed by atoms with Crippen molar-refractivity contribution in [3.63, 3.8) is 0 Å². The van der Waals surface area contributed by atoms with Gasteiger partial charge in [0.1, 0.15) is 6.04 Å². The number of amides is 3. The van der Waals surface area contributed by atoms with Crippen molar-refractivity contribution >= 4 is 29.4 Å². The van der Waals surface area contributed by atoms with E-state index in [0.29, 0.717) is 48.2 Å². The van der Waals surface area contributed by atoms with Gasteiger partial charge in [0.2, 0.25) is 17.8 Å². The zero-order valence-corrected chi connectivity index (χ0v) is 28.6. The first-order valence-corrected chi connectivity index (χ1v) is 18.2. The molecular formula is C39H47N7O3. The third-order valence-electron chi connectivity index (χ3n) is 11.7. The predicted molar refractivity (Wildman–Crippen MR) is 188 cm³/mol. The van der Waals surface area contributed by atoms with E-state index in [1.54, 1.807) is 4.90 Å². The molecule has 4 fully saturated rings. The van der Waals surface area contributed by atoms with Gasteiger partial charge in [-0.3, -0.25) is 24.6 Å². The van der Waals surface area contributed by atoms with E-state index >= 15 is 0 Å². The van der Waals surface area contributed by atoms with Crippen LogP contribution < -0.4 is 15.5 Å². The third-order valence-corrected chi connectivity index (χ3v) is 11.7. The van der Waals surface area contributed by atoms with E-state index in [4.69, 9.17) is 0 Å². The van der Waals surface area contributed by atoms with Gasteiger partial charge in [0.25, 0.3) is 5.91 Å². The van der Waals surface area contributed by atoms with Crippen LogP contribution >= 0.6 is 0 Å². The van der Waals surface area contributed by atoms with Gasteiger partial charge in [-0.25, -0.2) is 9.97 Å². The molecular weight excluding hydrogens is 614 g/mol. The molecule has 10 heteroatoms. The molecule has 4 aliphatic heterocycles. The monoisotopic (exact) mass is 661 g/mol. The van der Waals surface area contributed by atoms with Crippen molar-refractivity contribution in [3.05, 3.63) is 82.7 Å². The summed E-state index contributed by atoms with van der Waals surface area (Å²) in [6.07, 6.45) is 9.05. The lowest BCUT2D eigenvalue weighted by Crippen LogP contribution is -2.52. The standard InChI is InChI=1S/C39H47N7O3/c1-24(2)31-18-40-39(41-19-31)42-32-11-13-45(14-12-32)33-6-3-25(4-7-33)20-44-21-28-16-27(17-29(28)22-44)26-5-8-34-30(15-26)23-46(38(34)49)35-9-10-36(47)43-37(35)48/h3-8,15,18-19,24,27-29,32,35H,9-14,16-17,20-23H2,1-2H3,(H,40,41,42)(H,43,47,48)/t27?,28-,29+,35?. The molecule has 1 saturated carbocycles. The number of piperidine rings is 2. The smallest absolute Gasteiger partial charge is 0.255 e. The van der Waals surface area contributed by atoms with Gasteiger partial charge in [-0.15, -0.1) is 0 Å². The minimum Gasteiger partial charge on any atom is -0.371 e. The molecule has 5 heterocycles. The van der Waals surface area contributed by atoms with Gasteiger partial charge < -0.3 is 15.1 Å². The maximum Gasteiger partial charge on any atom is 0.255 e. The fourth-order valence-corrected chi connectivity index (χ4v) is 8.89. The molecule has 4 atom stereocenters. The van der Waals surface area contributed by atoms with Crippen molar-refractivity contribution < 1.29 is 14.4 Å². The molecule has 3 saturated heterocycles. The van der Waals surface area contributed by atoms with E-state index in [9.17, 15) is 14.4 Å². The Morgan fingerprint density at radius 2 is 1.63 bits per heavy atom. The largest absolute Gasteiger partial charge is 0.371 e. The number of rotatable bonds is 8. The van der Waals surface area contributed by atoms with Crippen molar-refractivity contribution in [3.8, 4) is 0 Å². The van der Waals surface area contributed by atoms with Crippen LogP contribution in [0.4, 0.5) is 11.6 Å². The highest BCUT2D eigenvalue weighted by molar-refractivity contribution is 6.05. The molecule has 2 aromatic carbocycles. The number of carbonyl (C=O) groups excluding carboxylic acids is 3. The number of aromatic nitrogens is 2. The SMILES string of the molecule is CC(C)c1cnc(NC2CCN(c3ccc(CN4C[C@H]5CC(c6ccc7c(c6)CN(C6CCC(=O)NC6=O)C7=O)C[C@H]5C4)cc3)CC2)nc1. The van der Waals surface area contributed by atoms with Crippen molar-refractivity contribution in [1.82, 2.24) is 25.1 Å². The van der Waals surface area contributed by atoms with Crippen LogP contribution in [0.25, 0.3) is 0 Å². The van der Waals surface area contributed by atoms with E-state index in [-0.39, 0.29) is 24.1 Å². The predicted octanol–water partition coefficient (Wildman–Crippen LogP) is 5.07. The van der Waals surface area contributed by atoms with Crippen LogP contribution in [0.2, 0.25) is 0 Å². The quantitative estimate of drug-likeness (QED) is 0.322. The van der Waals surface area contributed by atoms with Crippen molar-refractivity contribution in [2.75, 3.05) is 36.4 Å². The van der Waals surface area contributed by atoms with Gasteiger partial charge in [0.05, 0.1) is 0 Å². The fourth-order valence-electron chi connectivity index (χ4n) is 8.89. The van der Waals surface area contributed by atoms with Gasteiger partial charge in [0, 0.05) is 75.4 Å². The number of nitrogens with zero attached hydrogens (tertiary/aromatic N) is 5. The number of carbonyl (C=O) groups is 3. The maximum absolute atomic E-state index is 13.1. The molecule has 49 heavy (non-hydrogen) atoms. The molecule has 2 N–H and O–H groups in total. The average Bonchev–Trinajstić information content (AvgIpc) is 3.77. The molecule has 1 aromatic heterocycles. The van der Waals surface area contributed by atoms with E-state index in [0.717, 1.165) is 57.1 Å². The number of anilines is 2. The molecule has 0 spiro atoms. The number of imide groups is 1. The minimum absolute atomic E-state index is 0.0978. The molecule has 0 radical (unpaired) electrons. The first-order chi connectivity index (χ1) is 23.8. The highest BCUT2D eigenvalue weighted by Crippen LogP contribution is 2.47. The Labute approximate surface area is 288 Å². The first kappa shape index (κ1) is 31.9. The summed E-state index contributed by atoms with van der Waals surface area (Å²) >= 11 is 0. The molecule has 3 amide bonds. The number of hydrogen-bond donors (Lipinski definition) is 2. The fraction of sp³-hybridized carbons (Fsp3) is 0.513. The number of fused-ring (bicyclic) bond motifs is 2. The van der Waals surface area contributed by atoms with Crippen LogP contribution in [0.5, 0.6) is 0 Å². The summed E-state index contributed by atoms with van der Waals surface area (Å²) in [4.78, 5) is 53.0. The summed E-state index contributed by atoms with van der Waals surface area (Å²) in [7, 11) is 0. The van der Waals surface area contributed by atoms with Crippen LogP contribution in [0, 0.1) is 11.8 Å². The Hall–Kier alpha value is -4.31. The van der Waals surface area contributed by atoms with E-state index in [2.05, 4.69) is 80.6 Å². The number of nitrogens with one attached hydrogen (secondary N) is 2. The second-order valence-electron chi connectivity index (χ2n) is 15.3. The lowest BCUT2D eigenvalue weighted by Gasteiger charge is -2.34. The Balaban J connectivity index is 0.802. The first-order valence-electron chi connectivity index (χ1n) is 18.2. The normalized spacial score (nSPS) is 26.0. The molecule has 5 aliphatic rings. The van der Waals surface area contributed by atoms with Gasteiger partial charge >= 0.3 is 0 Å². The van der Waals surface area contributed by atoms with E-state index in [1.807, 2.05) is 18.5 Å². The summed E-state index contributed by atoms with van der Waals surface area (Å²) < 4.78 is 0. The minimum atomic E-state index is -0.566. The Morgan fingerprint density at radius 3 is 2.31 bits per heavy atom. The van der Waals surface area contributed by atoms with Crippen molar-refractivity contribution in [2.24, 2.45) is 11.8 Å². The van der Waals surface area contributed by atoms with E-state index in [1.165, 1.54) is 35.2 Å². The summed E-state index contributed by atoms with van der Waals surface area (Å²) in [6, 6.07) is 15.4. The summed E-state index contributed by atoms with van der Waals surface area (Å²) in [6.45, 7) is 10.1. The third kappa shape index (κ3) is 6.55.